The minimum Gasteiger partial charge on any atom is -0.461 e. The predicted molar refractivity (Wildman–Crippen MR) is 114 cm³/mol. The molecule has 0 saturated carbocycles. The van der Waals surface area contributed by atoms with E-state index in [0.29, 0.717) is 13.2 Å². The molecular weight excluding hydrogens is 385 g/mol. The van der Waals surface area contributed by atoms with Gasteiger partial charge in [-0.05, 0) is 67.7 Å². The minimum atomic E-state index is -0.521. The van der Waals surface area contributed by atoms with E-state index in [4.69, 9.17) is 18.8 Å². The van der Waals surface area contributed by atoms with Crippen LogP contribution in [0.3, 0.4) is 0 Å². The van der Waals surface area contributed by atoms with Gasteiger partial charge in [0.1, 0.15) is 12.2 Å². The summed E-state index contributed by atoms with van der Waals surface area (Å²) in [6, 6.07) is 0.213. The van der Waals surface area contributed by atoms with Gasteiger partial charge in [-0.15, -0.1) is 0 Å². The van der Waals surface area contributed by atoms with Crippen LogP contribution < -0.4 is 10.2 Å². The summed E-state index contributed by atoms with van der Waals surface area (Å²) in [5, 5.41) is 0. The molecule has 1 amide bonds. The fourth-order valence-electron chi connectivity index (χ4n) is 3.41. The Labute approximate surface area is 179 Å². The molecule has 0 radical (unpaired) electrons. The van der Waals surface area contributed by atoms with E-state index < -0.39 is 23.9 Å². The highest BCUT2D eigenvalue weighted by molar-refractivity contribution is 6.61. The molecular formula is C21H34BN3O5. The molecule has 2 aliphatic heterocycles. The second-order valence-electron chi connectivity index (χ2n) is 10.0. The molecule has 3 heterocycles. The summed E-state index contributed by atoms with van der Waals surface area (Å²) in [6.07, 6.45) is 5.91. The molecule has 0 N–H and O–H groups in total. The fourth-order valence-corrected chi connectivity index (χ4v) is 3.41. The number of ether oxygens (including phenoxy) is 2. The van der Waals surface area contributed by atoms with Crippen LogP contribution in [0.5, 0.6) is 6.01 Å². The van der Waals surface area contributed by atoms with E-state index in [-0.39, 0.29) is 18.1 Å². The Hall–Kier alpha value is -1.87. The number of hydrogen-bond acceptors (Lipinski definition) is 7. The number of hydrogen-bond donors (Lipinski definition) is 0. The number of nitrogens with zero attached hydrogens (tertiary/aromatic N) is 3. The summed E-state index contributed by atoms with van der Waals surface area (Å²) in [7, 11) is -0.509. The van der Waals surface area contributed by atoms with Gasteiger partial charge in [-0.25, -0.2) is 14.8 Å². The first-order chi connectivity index (χ1) is 13.9. The smallest absolute Gasteiger partial charge is 0.461 e. The third kappa shape index (κ3) is 5.24. The maximum absolute atomic E-state index is 12.5. The Morgan fingerprint density at radius 2 is 1.77 bits per heavy atom. The first kappa shape index (κ1) is 22.8. The molecule has 1 atom stereocenters. The van der Waals surface area contributed by atoms with Gasteiger partial charge < -0.3 is 23.7 Å². The molecule has 2 saturated heterocycles. The SMILES string of the molecule is CC(C)(C)OC(=O)N1CCCCC1COc1ncc(B2OC(C)(C)C(C)(C)O2)cn1. The van der Waals surface area contributed by atoms with Crippen LogP contribution in [0.1, 0.15) is 67.7 Å². The number of amides is 1. The number of carbonyl (C=O) groups is 1. The third-order valence-corrected chi connectivity index (χ3v) is 5.83. The van der Waals surface area contributed by atoms with Gasteiger partial charge in [-0.3, -0.25) is 0 Å². The van der Waals surface area contributed by atoms with Gasteiger partial charge >= 0.3 is 19.2 Å². The van der Waals surface area contributed by atoms with Crippen LogP contribution in [-0.2, 0) is 14.0 Å². The summed E-state index contributed by atoms with van der Waals surface area (Å²) in [4.78, 5) is 22.9. The minimum absolute atomic E-state index is 0.0556. The van der Waals surface area contributed by atoms with E-state index in [2.05, 4.69) is 9.97 Å². The van der Waals surface area contributed by atoms with E-state index in [1.807, 2.05) is 48.5 Å². The lowest BCUT2D eigenvalue weighted by Crippen LogP contribution is -2.48. The van der Waals surface area contributed by atoms with Crippen molar-refractivity contribution in [1.82, 2.24) is 14.9 Å². The molecule has 1 unspecified atom stereocenters. The second-order valence-corrected chi connectivity index (χ2v) is 10.0. The number of carbonyl (C=O) groups excluding carboxylic acids is 1. The van der Waals surface area contributed by atoms with Gasteiger partial charge in [-0.2, -0.15) is 0 Å². The van der Waals surface area contributed by atoms with Crippen LogP contribution in [0.15, 0.2) is 12.4 Å². The molecule has 30 heavy (non-hydrogen) atoms. The highest BCUT2D eigenvalue weighted by Crippen LogP contribution is 2.36. The highest BCUT2D eigenvalue weighted by Gasteiger charge is 2.52. The molecule has 0 spiro atoms. The van der Waals surface area contributed by atoms with Crippen molar-refractivity contribution in [3.63, 3.8) is 0 Å². The zero-order chi connectivity index (χ0) is 22.2. The molecule has 0 aromatic carbocycles. The van der Waals surface area contributed by atoms with Crippen molar-refractivity contribution in [1.29, 1.82) is 0 Å². The summed E-state index contributed by atoms with van der Waals surface area (Å²) in [5.41, 5.74) is -0.612. The van der Waals surface area contributed by atoms with Gasteiger partial charge in [0.15, 0.2) is 0 Å². The van der Waals surface area contributed by atoms with E-state index in [0.717, 1.165) is 24.7 Å². The number of aromatic nitrogens is 2. The van der Waals surface area contributed by atoms with Crippen LogP contribution in [-0.4, -0.2) is 64.1 Å². The van der Waals surface area contributed by atoms with Gasteiger partial charge in [-0.1, -0.05) is 0 Å². The third-order valence-electron chi connectivity index (χ3n) is 5.83. The van der Waals surface area contributed by atoms with E-state index >= 15 is 0 Å². The zero-order valence-corrected chi connectivity index (χ0v) is 19.2. The van der Waals surface area contributed by atoms with Gasteiger partial charge in [0, 0.05) is 24.4 Å². The molecule has 9 heteroatoms. The largest absolute Gasteiger partial charge is 0.498 e. The van der Waals surface area contributed by atoms with Gasteiger partial charge in [0.25, 0.3) is 0 Å². The lowest BCUT2D eigenvalue weighted by atomic mass is 9.81. The van der Waals surface area contributed by atoms with E-state index in [1.165, 1.54) is 0 Å². The highest BCUT2D eigenvalue weighted by atomic mass is 16.7. The van der Waals surface area contributed by atoms with Crippen molar-refractivity contribution in [3.05, 3.63) is 12.4 Å². The van der Waals surface area contributed by atoms with Crippen LogP contribution >= 0.6 is 0 Å². The van der Waals surface area contributed by atoms with Crippen molar-refractivity contribution in [2.45, 2.75) is 90.6 Å². The number of rotatable bonds is 4. The maximum atomic E-state index is 12.5. The van der Waals surface area contributed by atoms with Crippen molar-refractivity contribution in [3.8, 4) is 6.01 Å². The summed E-state index contributed by atoms with van der Waals surface area (Å²) >= 11 is 0. The van der Waals surface area contributed by atoms with E-state index in [9.17, 15) is 4.79 Å². The Morgan fingerprint density at radius 3 is 2.33 bits per heavy atom. The molecule has 2 fully saturated rings. The molecule has 0 bridgehead atoms. The van der Waals surface area contributed by atoms with Crippen LogP contribution in [0, 0.1) is 0 Å². The Kier molecular flexibility index (Phi) is 6.34. The predicted octanol–water partition coefficient (Wildman–Crippen LogP) is 2.94. The molecule has 166 valence electrons. The van der Waals surface area contributed by atoms with E-state index in [1.54, 1.807) is 17.3 Å². The molecule has 2 aliphatic rings. The Bertz CT molecular complexity index is 732. The molecule has 1 aromatic heterocycles. The lowest BCUT2D eigenvalue weighted by Gasteiger charge is -2.36. The number of likely N-dealkylation sites (tertiary alicyclic amines) is 1. The fraction of sp³-hybridized carbons (Fsp3) is 0.762. The maximum Gasteiger partial charge on any atom is 0.498 e. The lowest BCUT2D eigenvalue weighted by molar-refractivity contribution is 0.00305. The summed E-state index contributed by atoms with van der Waals surface area (Å²) in [5.74, 6) is 0. The molecule has 0 aliphatic carbocycles. The first-order valence-electron chi connectivity index (χ1n) is 10.7. The summed E-state index contributed by atoms with van der Waals surface area (Å²) in [6.45, 7) is 14.6. The monoisotopic (exact) mass is 419 g/mol. The van der Waals surface area contributed by atoms with Gasteiger partial charge in [0.2, 0.25) is 0 Å². The number of piperidine rings is 1. The average Bonchev–Trinajstić information content (AvgIpc) is 2.86. The molecule has 8 nitrogen and oxygen atoms in total. The quantitative estimate of drug-likeness (QED) is 0.694. The van der Waals surface area contributed by atoms with Gasteiger partial charge in [0.05, 0.1) is 17.2 Å². The van der Waals surface area contributed by atoms with Crippen LogP contribution in [0.2, 0.25) is 0 Å². The normalized spacial score (nSPS) is 23.4. The summed E-state index contributed by atoms with van der Waals surface area (Å²) < 4.78 is 23.4. The second kappa shape index (κ2) is 8.34. The van der Waals surface area contributed by atoms with Crippen molar-refractivity contribution >= 4 is 18.7 Å². The van der Waals surface area contributed by atoms with Crippen molar-refractivity contribution in [2.75, 3.05) is 13.2 Å². The van der Waals surface area contributed by atoms with Crippen molar-refractivity contribution < 1.29 is 23.6 Å². The van der Waals surface area contributed by atoms with Crippen LogP contribution in [0.25, 0.3) is 0 Å². The van der Waals surface area contributed by atoms with Crippen LogP contribution in [0.4, 0.5) is 4.79 Å². The van der Waals surface area contributed by atoms with Crippen molar-refractivity contribution in [2.24, 2.45) is 0 Å². The standard InChI is InChI=1S/C21H34BN3O5/c1-19(2,3)28-18(26)25-11-9-8-10-16(25)14-27-17-23-12-15(13-24-17)22-29-20(4,5)21(6,7)30-22/h12-13,16H,8-11,14H2,1-7H3. The topological polar surface area (TPSA) is 83.0 Å². The molecule has 1 aromatic rings. The zero-order valence-electron chi connectivity index (χ0n) is 19.2. The Morgan fingerprint density at radius 1 is 1.17 bits per heavy atom. The Balaban J connectivity index is 1.58. The average molecular weight is 419 g/mol. The first-order valence-corrected chi connectivity index (χ1v) is 10.7. The molecule has 3 rings (SSSR count).